The van der Waals surface area contributed by atoms with Crippen molar-refractivity contribution in [3.05, 3.63) is 117 Å². The van der Waals surface area contributed by atoms with Gasteiger partial charge in [0, 0.05) is 22.9 Å². The molecule has 9 heteroatoms. The molecule has 0 atom stereocenters. The van der Waals surface area contributed by atoms with Gasteiger partial charge in [-0.15, -0.1) is 11.3 Å². The minimum absolute atomic E-state index is 0.144. The van der Waals surface area contributed by atoms with E-state index in [1.54, 1.807) is 12.1 Å². The summed E-state index contributed by atoms with van der Waals surface area (Å²) in [6.07, 6.45) is 0.240. The average Bonchev–Trinajstić information content (AvgIpc) is 3.51. The molecule has 2 heterocycles. The van der Waals surface area contributed by atoms with Gasteiger partial charge in [0.1, 0.15) is 0 Å². The summed E-state index contributed by atoms with van der Waals surface area (Å²) >= 11 is 1.05. The third kappa shape index (κ3) is 4.47. The number of nitrogens with one attached hydrogen (secondary N) is 1. The van der Waals surface area contributed by atoms with Gasteiger partial charge in [0.25, 0.3) is 5.56 Å². The van der Waals surface area contributed by atoms with E-state index in [9.17, 15) is 24.6 Å². The predicted octanol–water partition coefficient (Wildman–Crippen LogP) is 4.94. The highest BCUT2D eigenvalue weighted by molar-refractivity contribution is 7.12. The van der Waals surface area contributed by atoms with Crippen molar-refractivity contribution < 1.29 is 19.8 Å². The molecule has 0 spiro atoms. The molecule has 0 aliphatic heterocycles. The van der Waals surface area contributed by atoms with Gasteiger partial charge in [-0.1, -0.05) is 60.7 Å². The molecular formula is C27H19N3O5S. The summed E-state index contributed by atoms with van der Waals surface area (Å²) in [5, 5.41) is 23.2. The van der Waals surface area contributed by atoms with Crippen LogP contribution in [0.15, 0.2) is 89.0 Å². The second-order valence-corrected chi connectivity index (χ2v) is 8.89. The number of benzene rings is 3. The van der Waals surface area contributed by atoms with Crippen LogP contribution in [0.3, 0.4) is 0 Å². The van der Waals surface area contributed by atoms with Crippen LogP contribution in [0.4, 0.5) is 0 Å². The Bertz CT molecular complexity index is 1630. The molecule has 0 aliphatic rings. The summed E-state index contributed by atoms with van der Waals surface area (Å²) in [5.41, 5.74) is 4.22. The molecule has 5 rings (SSSR count). The second-order valence-electron chi connectivity index (χ2n) is 8.05. The molecule has 8 nitrogen and oxygen atoms in total. The topological polar surface area (TPSA) is 125 Å². The zero-order chi connectivity index (χ0) is 25.2. The molecule has 36 heavy (non-hydrogen) atoms. The zero-order valence-electron chi connectivity index (χ0n) is 18.7. The van der Waals surface area contributed by atoms with E-state index in [0.717, 1.165) is 33.6 Å². The minimum atomic E-state index is -1.17. The van der Waals surface area contributed by atoms with E-state index in [0.29, 0.717) is 11.3 Å². The van der Waals surface area contributed by atoms with Gasteiger partial charge in [-0.3, -0.25) is 9.89 Å². The van der Waals surface area contributed by atoms with E-state index in [1.807, 2.05) is 54.6 Å². The molecule has 3 N–H and O–H groups in total. The lowest BCUT2D eigenvalue weighted by Crippen LogP contribution is -2.17. The number of aromatic amines is 1. The number of rotatable bonds is 7. The van der Waals surface area contributed by atoms with Crippen molar-refractivity contribution in [3.8, 4) is 27.5 Å². The van der Waals surface area contributed by atoms with Crippen molar-refractivity contribution in [2.45, 2.75) is 6.42 Å². The standard InChI is InChI=1S/C27H19N3O5S/c31-24-21(13-16-9-11-18(12-10-16)25(32)33)23(29-30(24)27-28-22(15-36-27)26(34)35)20-8-4-7-19(14-20)17-5-2-1-3-6-17/h1-12,14-15,29H,13H2,(H,32,33)(H,34,35). The van der Waals surface area contributed by atoms with Gasteiger partial charge in [-0.05, 0) is 34.9 Å². The van der Waals surface area contributed by atoms with Crippen LogP contribution >= 0.6 is 11.3 Å². The Kier molecular flexibility index (Phi) is 6.05. The fraction of sp³-hybridized carbons (Fsp3) is 0.0370. The maximum absolute atomic E-state index is 13.5. The molecule has 0 unspecified atom stereocenters. The van der Waals surface area contributed by atoms with Crippen LogP contribution < -0.4 is 5.56 Å². The Morgan fingerprint density at radius 3 is 2.22 bits per heavy atom. The summed E-state index contributed by atoms with van der Waals surface area (Å²) in [4.78, 5) is 40.1. The second kappa shape index (κ2) is 9.47. The Morgan fingerprint density at radius 2 is 1.56 bits per heavy atom. The average molecular weight is 498 g/mol. The van der Waals surface area contributed by atoms with Gasteiger partial charge in [0.15, 0.2) is 5.69 Å². The first kappa shape index (κ1) is 23.0. The van der Waals surface area contributed by atoms with Crippen LogP contribution in [-0.2, 0) is 6.42 Å². The molecule has 0 fully saturated rings. The number of hydrogen-bond donors (Lipinski definition) is 3. The van der Waals surface area contributed by atoms with Crippen LogP contribution in [0.2, 0.25) is 0 Å². The molecule has 0 aliphatic carbocycles. The maximum Gasteiger partial charge on any atom is 0.355 e. The highest BCUT2D eigenvalue weighted by Crippen LogP contribution is 2.28. The highest BCUT2D eigenvalue weighted by atomic mass is 32.1. The number of thiazole rings is 1. The largest absolute Gasteiger partial charge is 0.478 e. The van der Waals surface area contributed by atoms with E-state index in [-0.39, 0.29) is 28.4 Å². The number of aromatic carboxylic acids is 2. The molecule has 2 aromatic heterocycles. The van der Waals surface area contributed by atoms with Crippen LogP contribution in [0.5, 0.6) is 0 Å². The van der Waals surface area contributed by atoms with Gasteiger partial charge in [-0.2, -0.15) is 4.68 Å². The molecule has 0 saturated heterocycles. The van der Waals surface area contributed by atoms with Crippen molar-refractivity contribution >= 4 is 23.3 Å². The Labute approximate surface area is 208 Å². The molecular weight excluding hydrogens is 478 g/mol. The van der Waals surface area contributed by atoms with Crippen molar-refractivity contribution in [2.75, 3.05) is 0 Å². The molecule has 0 amide bonds. The van der Waals surface area contributed by atoms with E-state index < -0.39 is 11.9 Å². The normalized spacial score (nSPS) is 10.9. The predicted molar refractivity (Wildman–Crippen MR) is 136 cm³/mol. The van der Waals surface area contributed by atoms with Gasteiger partial charge >= 0.3 is 11.9 Å². The number of hydrogen-bond acceptors (Lipinski definition) is 5. The molecule has 0 radical (unpaired) electrons. The van der Waals surface area contributed by atoms with Crippen LogP contribution in [0.25, 0.3) is 27.5 Å². The number of H-pyrrole nitrogens is 1. The van der Waals surface area contributed by atoms with Crippen molar-refractivity contribution in [3.63, 3.8) is 0 Å². The van der Waals surface area contributed by atoms with Crippen molar-refractivity contribution in [2.24, 2.45) is 0 Å². The smallest absolute Gasteiger partial charge is 0.355 e. The summed E-state index contributed by atoms with van der Waals surface area (Å²) in [6, 6.07) is 24.0. The summed E-state index contributed by atoms with van der Waals surface area (Å²) in [7, 11) is 0. The van der Waals surface area contributed by atoms with E-state index in [1.165, 1.54) is 22.2 Å². The molecule has 0 bridgehead atoms. The van der Waals surface area contributed by atoms with E-state index in [4.69, 9.17) is 0 Å². The maximum atomic E-state index is 13.5. The minimum Gasteiger partial charge on any atom is -0.478 e. The Hall–Kier alpha value is -4.76. The van der Waals surface area contributed by atoms with Crippen LogP contribution in [0.1, 0.15) is 32.0 Å². The molecule has 0 saturated carbocycles. The quantitative estimate of drug-likeness (QED) is 0.292. The fourth-order valence-corrected chi connectivity index (χ4v) is 4.68. The van der Waals surface area contributed by atoms with Gasteiger partial charge in [-0.25, -0.2) is 14.6 Å². The van der Waals surface area contributed by atoms with Crippen LogP contribution in [-0.4, -0.2) is 36.9 Å². The first-order valence-corrected chi connectivity index (χ1v) is 11.8. The fourth-order valence-electron chi connectivity index (χ4n) is 3.93. The van der Waals surface area contributed by atoms with Gasteiger partial charge < -0.3 is 10.2 Å². The number of nitrogens with zero attached hydrogens (tertiary/aromatic N) is 2. The molecule has 178 valence electrons. The molecule has 3 aromatic carbocycles. The van der Waals surface area contributed by atoms with E-state index in [2.05, 4.69) is 10.1 Å². The van der Waals surface area contributed by atoms with Gasteiger partial charge in [0.2, 0.25) is 5.13 Å². The first-order valence-electron chi connectivity index (χ1n) is 10.9. The lowest BCUT2D eigenvalue weighted by molar-refractivity contribution is 0.0683. The van der Waals surface area contributed by atoms with Crippen molar-refractivity contribution in [1.82, 2.24) is 14.8 Å². The summed E-state index contributed by atoms with van der Waals surface area (Å²) in [5.74, 6) is -2.20. The number of carboxylic acids is 2. The van der Waals surface area contributed by atoms with Crippen LogP contribution in [0, 0.1) is 0 Å². The third-order valence-electron chi connectivity index (χ3n) is 5.73. The zero-order valence-corrected chi connectivity index (χ0v) is 19.5. The third-order valence-corrected chi connectivity index (χ3v) is 6.56. The SMILES string of the molecule is O=C(O)c1ccc(Cc2c(-c3cccc(-c4ccccc4)c3)[nH]n(-c3nc(C(=O)O)cs3)c2=O)cc1. The first-order chi connectivity index (χ1) is 17.4. The van der Waals surface area contributed by atoms with Crippen molar-refractivity contribution in [1.29, 1.82) is 0 Å². The number of carbonyl (C=O) groups is 2. The number of aromatic nitrogens is 3. The van der Waals surface area contributed by atoms with E-state index >= 15 is 0 Å². The highest BCUT2D eigenvalue weighted by Gasteiger charge is 2.20. The Balaban J connectivity index is 1.63. The summed E-state index contributed by atoms with van der Waals surface area (Å²) < 4.78 is 1.25. The lowest BCUT2D eigenvalue weighted by Gasteiger charge is -2.07. The monoisotopic (exact) mass is 497 g/mol. The van der Waals surface area contributed by atoms with Gasteiger partial charge in [0.05, 0.1) is 11.3 Å². The number of carboxylic acid groups (broad SMARTS) is 2. The summed E-state index contributed by atoms with van der Waals surface area (Å²) in [6.45, 7) is 0. The molecule has 5 aromatic rings. The lowest BCUT2D eigenvalue weighted by atomic mass is 9.97. The Morgan fingerprint density at radius 1 is 0.861 bits per heavy atom.